The first kappa shape index (κ1) is 14.8. The highest BCUT2D eigenvalue weighted by Crippen LogP contribution is 2.46. The Bertz CT molecular complexity index is 402. The number of hydrogen-bond acceptors (Lipinski definition) is 3. The van der Waals surface area contributed by atoms with Crippen molar-refractivity contribution in [3.63, 3.8) is 0 Å². The molecule has 0 radical (unpaired) electrons. The van der Waals surface area contributed by atoms with Crippen molar-refractivity contribution in [2.24, 2.45) is 0 Å². The molecule has 0 amide bonds. The lowest BCUT2D eigenvalue weighted by atomic mass is 9.96. The van der Waals surface area contributed by atoms with Crippen molar-refractivity contribution >= 4 is 0 Å². The van der Waals surface area contributed by atoms with Crippen LogP contribution in [-0.4, -0.2) is 33.2 Å². The van der Waals surface area contributed by atoms with Crippen LogP contribution in [0.1, 0.15) is 11.7 Å². The van der Waals surface area contributed by atoms with Gasteiger partial charge in [-0.1, -0.05) is 30.3 Å². The fraction of sp³-hybridized carbons (Fsp3) is 0.400. The highest BCUT2D eigenvalue weighted by Gasteiger charge is 2.71. The lowest BCUT2D eigenvalue weighted by molar-refractivity contribution is -0.430. The highest BCUT2D eigenvalue weighted by atomic mass is 19.4. The molecule has 0 bridgehead atoms. The van der Waals surface area contributed by atoms with Crippen LogP contribution in [0.25, 0.3) is 0 Å². The Morgan fingerprint density at radius 1 is 0.889 bits per heavy atom. The number of benzene rings is 1. The van der Waals surface area contributed by atoms with E-state index in [-0.39, 0.29) is 0 Å². The van der Waals surface area contributed by atoms with Gasteiger partial charge < -0.3 is 15.3 Å². The maximum Gasteiger partial charge on any atom is 0.449 e. The predicted octanol–water partition coefficient (Wildman–Crippen LogP) is 1.60. The van der Waals surface area contributed by atoms with Crippen molar-refractivity contribution < 1.29 is 37.3 Å². The summed E-state index contributed by atoms with van der Waals surface area (Å²) in [5.41, 5.74) is -0.570. The topological polar surface area (TPSA) is 60.7 Å². The zero-order valence-corrected chi connectivity index (χ0v) is 8.70. The quantitative estimate of drug-likeness (QED) is 0.578. The Hall–Kier alpha value is -1.25. The summed E-state index contributed by atoms with van der Waals surface area (Å²) in [5.74, 6) is -10.5. The molecule has 102 valence electrons. The number of aliphatic hydroxyl groups excluding tert-OH is 1. The summed E-state index contributed by atoms with van der Waals surface area (Å²) in [5, 5.41) is 26.2. The Balaban J connectivity index is 3.15. The van der Waals surface area contributed by atoms with Gasteiger partial charge in [0.1, 0.15) is 6.10 Å². The molecule has 0 aliphatic heterocycles. The maximum absolute atomic E-state index is 13.3. The van der Waals surface area contributed by atoms with Gasteiger partial charge in [-0.15, -0.1) is 0 Å². The second-order valence-electron chi connectivity index (χ2n) is 3.61. The van der Waals surface area contributed by atoms with Crippen LogP contribution in [0.2, 0.25) is 0 Å². The van der Waals surface area contributed by atoms with Gasteiger partial charge >= 0.3 is 17.9 Å². The van der Waals surface area contributed by atoms with Gasteiger partial charge in [-0.05, 0) is 5.56 Å². The van der Waals surface area contributed by atoms with Crippen LogP contribution in [-0.2, 0) is 0 Å². The number of halogens is 5. The van der Waals surface area contributed by atoms with Crippen LogP contribution in [0, 0.1) is 0 Å². The molecular formula is C10H9F5O3. The van der Waals surface area contributed by atoms with Crippen molar-refractivity contribution in [3.05, 3.63) is 35.9 Å². The molecule has 1 atom stereocenters. The first-order valence-corrected chi connectivity index (χ1v) is 4.64. The predicted molar refractivity (Wildman–Crippen MR) is 49.6 cm³/mol. The lowest BCUT2D eigenvalue weighted by Crippen LogP contribution is -2.61. The third kappa shape index (κ3) is 2.31. The number of hydrogen-bond donors (Lipinski definition) is 3. The van der Waals surface area contributed by atoms with Crippen LogP contribution in [0.5, 0.6) is 0 Å². The van der Waals surface area contributed by atoms with Crippen LogP contribution in [0.15, 0.2) is 30.3 Å². The van der Waals surface area contributed by atoms with Gasteiger partial charge in [0.2, 0.25) is 0 Å². The van der Waals surface area contributed by atoms with Crippen molar-refractivity contribution in [3.8, 4) is 0 Å². The molecule has 0 spiro atoms. The summed E-state index contributed by atoms with van der Waals surface area (Å²) in [6.45, 7) is 0. The zero-order chi connectivity index (χ0) is 14.2. The molecule has 3 N–H and O–H groups in total. The fourth-order valence-electron chi connectivity index (χ4n) is 1.22. The molecular weight excluding hydrogens is 263 g/mol. The Morgan fingerprint density at radius 3 is 1.72 bits per heavy atom. The zero-order valence-electron chi connectivity index (χ0n) is 8.70. The fourth-order valence-corrected chi connectivity index (χ4v) is 1.22. The van der Waals surface area contributed by atoms with Gasteiger partial charge in [0.25, 0.3) is 0 Å². The minimum absolute atomic E-state index is 0.570. The lowest BCUT2D eigenvalue weighted by Gasteiger charge is -2.35. The third-order valence-electron chi connectivity index (χ3n) is 2.32. The molecule has 1 aromatic rings. The number of aliphatic hydroxyl groups is 3. The van der Waals surface area contributed by atoms with Gasteiger partial charge in [0, 0.05) is 0 Å². The molecule has 0 heterocycles. The van der Waals surface area contributed by atoms with E-state index in [9.17, 15) is 27.1 Å². The normalized spacial score (nSPS) is 15.6. The van der Waals surface area contributed by atoms with E-state index in [0.717, 1.165) is 12.1 Å². The largest absolute Gasteiger partial charge is 0.449 e. The molecule has 0 aliphatic carbocycles. The first-order valence-electron chi connectivity index (χ1n) is 4.64. The van der Waals surface area contributed by atoms with Crippen molar-refractivity contribution in [1.29, 1.82) is 0 Å². The van der Waals surface area contributed by atoms with Crippen molar-refractivity contribution in [2.75, 3.05) is 0 Å². The van der Waals surface area contributed by atoms with Gasteiger partial charge in [-0.3, -0.25) is 0 Å². The average molecular weight is 272 g/mol. The Labute approximate surface area is 98.1 Å². The van der Waals surface area contributed by atoms with Crippen LogP contribution >= 0.6 is 0 Å². The summed E-state index contributed by atoms with van der Waals surface area (Å²) in [7, 11) is 0. The molecule has 1 rings (SSSR count). The molecule has 1 aromatic carbocycles. The third-order valence-corrected chi connectivity index (χ3v) is 2.32. The smallest absolute Gasteiger partial charge is 0.382 e. The van der Waals surface area contributed by atoms with Gasteiger partial charge in [-0.25, -0.2) is 0 Å². The summed E-state index contributed by atoms with van der Waals surface area (Å²) >= 11 is 0. The van der Waals surface area contributed by atoms with Gasteiger partial charge in [-0.2, -0.15) is 22.0 Å². The molecule has 0 saturated carbocycles. The van der Waals surface area contributed by atoms with Crippen LogP contribution < -0.4 is 0 Å². The van der Waals surface area contributed by atoms with E-state index in [1.165, 1.54) is 18.2 Å². The average Bonchev–Trinajstić information content (AvgIpc) is 2.27. The SMILES string of the molecule is OC(c1ccccc1)C(F)(F)C(O)(O)C(F)(F)F. The van der Waals surface area contributed by atoms with E-state index >= 15 is 0 Å². The first-order chi connectivity index (χ1) is 8.02. The molecule has 8 heteroatoms. The van der Waals surface area contributed by atoms with Crippen molar-refractivity contribution in [2.45, 2.75) is 24.0 Å². The van der Waals surface area contributed by atoms with Gasteiger partial charge in [0.15, 0.2) is 0 Å². The monoisotopic (exact) mass is 272 g/mol. The van der Waals surface area contributed by atoms with E-state index < -0.39 is 29.6 Å². The van der Waals surface area contributed by atoms with Crippen molar-refractivity contribution in [1.82, 2.24) is 0 Å². The Kier molecular flexibility index (Phi) is 3.66. The summed E-state index contributed by atoms with van der Waals surface area (Å²) in [6.07, 6.45) is -9.01. The highest BCUT2D eigenvalue weighted by molar-refractivity contribution is 5.20. The standard InChI is InChI=1S/C10H9F5O3/c11-8(12,9(17,18)10(13,14)15)7(16)6-4-2-1-3-5-6/h1-5,7,16-18H. The second kappa shape index (κ2) is 4.45. The number of rotatable bonds is 3. The molecule has 0 fully saturated rings. The molecule has 0 aromatic heterocycles. The molecule has 0 aliphatic rings. The van der Waals surface area contributed by atoms with Crippen LogP contribution in [0.4, 0.5) is 22.0 Å². The van der Waals surface area contributed by atoms with E-state index in [4.69, 9.17) is 10.2 Å². The maximum atomic E-state index is 13.3. The minimum atomic E-state index is -6.01. The van der Waals surface area contributed by atoms with E-state index in [1.807, 2.05) is 0 Å². The summed E-state index contributed by atoms with van der Waals surface area (Å²) < 4.78 is 63.0. The summed E-state index contributed by atoms with van der Waals surface area (Å²) in [4.78, 5) is 0. The van der Waals surface area contributed by atoms with E-state index in [1.54, 1.807) is 0 Å². The molecule has 18 heavy (non-hydrogen) atoms. The van der Waals surface area contributed by atoms with Crippen LogP contribution in [0.3, 0.4) is 0 Å². The van der Waals surface area contributed by atoms with E-state index in [0.29, 0.717) is 0 Å². The molecule has 1 unspecified atom stereocenters. The van der Waals surface area contributed by atoms with Gasteiger partial charge in [0.05, 0.1) is 0 Å². The van der Waals surface area contributed by atoms with E-state index in [2.05, 4.69) is 0 Å². The second-order valence-corrected chi connectivity index (χ2v) is 3.61. The number of alkyl halides is 5. The minimum Gasteiger partial charge on any atom is -0.382 e. The summed E-state index contributed by atoms with van der Waals surface area (Å²) in [6, 6.07) is 5.68. The molecule has 0 saturated heterocycles. The Morgan fingerprint density at radius 2 is 1.33 bits per heavy atom. The molecule has 3 nitrogen and oxygen atoms in total.